The van der Waals surface area contributed by atoms with Crippen molar-refractivity contribution in [3.05, 3.63) is 59.4 Å². The lowest BCUT2D eigenvalue weighted by Gasteiger charge is -2.17. The maximum absolute atomic E-state index is 12.9. The average molecular weight is 300 g/mol. The molecule has 0 saturated heterocycles. The molecule has 7 heteroatoms. The van der Waals surface area contributed by atoms with Crippen molar-refractivity contribution >= 4 is 0 Å². The molecule has 1 aromatic heterocycles. The minimum atomic E-state index is -4.53. The Hall–Kier alpha value is -2.15. The standard InChI is InChI=1S/C14H12F4N2O/c15-8-21-10-5-3-9(4-6-10)12(19)13-11(14(16,17)18)2-1-7-20-13/h1-7,12H,8,19H2/t12-/m0/s1. The predicted molar refractivity (Wildman–Crippen MR) is 68.3 cm³/mol. The van der Waals surface area contributed by atoms with Crippen LogP contribution in [0.4, 0.5) is 17.6 Å². The second kappa shape index (κ2) is 6.09. The van der Waals surface area contributed by atoms with E-state index in [2.05, 4.69) is 9.72 Å². The highest BCUT2D eigenvalue weighted by molar-refractivity contribution is 5.36. The molecule has 0 aliphatic rings. The average Bonchev–Trinajstić information content (AvgIpc) is 2.47. The Morgan fingerprint density at radius 1 is 1.14 bits per heavy atom. The number of alkyl halides is 4. The molecule has 0 unspecified atom stereocenters. The van der Waals surface area contributed by atoms with E-state index >= 15 is 0 Å². The van der Waals surface area contributed by atoms with Gasteiger partial charge in [-0.1, -0.05) is 12.1 Å². The number of hydrogen-bond donors (Lipinski definition) is 1. The van der Waals surface area contributed by atoms with Gasteiger partial charge in [-0.05, 0) is 29.8 Å². The van der Waals surface area contributed by atoms with Gasteiger partial charge in [-0.2, -0.15) is 13.2 Å². The van der Waals surface area contributed by atoms with Crippen LogP contribution in [0.15, 0.2) is 42.6 Å². The number of aromatic nitrogens is 1. The molecule has 0 fully saturated rings. The Balaban J connectivity index is 2.34. The van der Waals surface area contributed by atoms with E-state index in [0.29, 0.717) is 5.56 Å². The molecule has 0 aliphatic heterocycles. The minimum absolute atomic E-state index is 0.260. The van der Waals surface area contributed by atoms with E-state index in [0.717, 1.165) is 6.07 Å². The number of benzene rings is 1. The molecule has 1 atom stereocenters. The monoisotopic (exact) mass is 300 g/mol. The van der Waals surface area contributed by atoms with Crippen molar-refractivity contribution in [3.8, 4) is 5.75 Å². The Kier molecular flexibility index (Phi) is 4.42. The molecule has 2 N–H and O–H groups in total. The van der Waals surface area contributed by atoms with Gasteiger partial charge in [0.25, 0.3) is 0 Å². The van der Waals surface area contributed by atoms with Gasteiger partial charge in [-0.15, -0.1) is 0 Å². The Bertz CT molecular complexity index is 599. The van der Waals surface area contributed by atoms with Gasteiger partial charge in [-0.25, -0.2) is 4.39 Å². The van der Waals surface area contributed by atoms with Gasteiger partial charge in [0.15, 0.2) is 0 Å². The van der Waals surface area contributed by atoms with Crippen molar-refractivity contribution < 1.29 is 22.3 Å². The van der Waals surface area contributed by atoms with Crippen LogP contribution >= 0.6 is 0 Å². The zero-order valence-electron chi connectivity index (χ0n) is 10.8. The van der Waals surface area contributed by atoms with Gasteiger partial charge >= 0.3 is 6.18 Å². The van der Waals surface area contributed by atoms with Crippen LogP contribution in [-0.4, -0.2) is 11.8 Å². The molecule has 2 aromatic rings. The molecular formula is C14H12F4N2O. The first-order valence-corrected chi connectivity index (χ1v) is 6.00. The smallest absolute Gasteiger partial charge is 0.418 e. The van der Waals surface area contributed by atoms with Crippen molar-refractivity contribution in [2.45, 2.75) is 12.2 Å². The van der Waals surface area contributed by atoms with Crippen molar-refractivity contribution in [3.63, 3.8) is 0 Å². The van der Waals surface area contributed by atoms with Crippen LogP contribution < -0.4 is 10.5 Å². The zero-order valence-corrected chi connectivity index (χ0v) is 10.8. The van der Waals surface area contributed by atoms with Crippen molar-refractivity contribution in [1.82, 2.24) is 4.98 Å². The summed E-state index contributed by atoms with van der Waals surface area (Å²) in [6, 6.07) is 6.92. The predicted octanol–water partition coefficient (Wildman–Crippen LogP) is 3.45. The molecule has 1 heterocycles. The Labute approximate surface area is 118 Å². The van der Waals surface area contributed by atoms with Gasteiger partial charge in [0.1, 0.15) is 5.75 Å². The Morgan fingerprint density at radius 3 is 2.38 bits per heavy atom. The van der Waals surface area contributed by atoms with E-state index in [1.165, 1.54) is 36.5 Å². The number of halogens is 4. The first-order chi connectivity index (χ1) is 9.93. The fourth-order valence-corrected chi connectivity index (χ4v) is 1.90. The fourth-order valence-electron chi connectivity index (χ4n) is 1.90. The minimum Gasteiger partial charge on any atom is -0.463 e. The van der Waals surface area contributed by atoms with Crippen molar-refractivity contribution in [1.29, 1.82) is 0 Å². The second-order valence-electron chi connectivity index (χ2n) is 4.23. The molecule has 0 radical (unpaired) electrons. The van der Waals surface area contributed by atoms with Gasteiger partial charge in [0.05, 0.1) is 17.3 Å². The molecule has 0 spiro atoms. The van der Waals surface area contributed by atoms with Crippen LogP contribution in [0.5, 0.6) is 5.75 Å². The summed E-state index contributed by atoms with van der Waals surface area (Å²) in [4.78, 5) is 3.74. The first-order valence-electron chi connectivity index (χ1n) is 6.00. The highest BCUT2D eigenvalue weighted by Gasteiger charge is 2.35. The quantitative estimate of drug-likeness (QED) is 0.880. The molecule has 2 rings (SSSR count). The Morgan fingerprint density at radius 2 is 1.81 bits per heavy atom. The summed E-state index contributed by atoms with van der Waals surface area (Å²) in [5, 5.41) is 0. The number of nitrogens with zero attached hydrogens (tertiary/aromatic N) is 1. The van der Waals surface area contributed by atoms with E-state index in [1.807, 2.05) is 0 Å². The summed E-state index contributed by atoms with van der Waals surface area (Å²) in [7, 11) is 0. The summed E-state index contributed by atoms with van der Waals surface area (Å²) >= 11 is 0. The van der Waals surface area contributed by atoms with Crippen LogP contribution in [0, 0.1) is 0 Å². The van der Waals surface area contributed by atoms with E-state index in [9.17, 15) is 17.6 Å². The molecule has 0 bridgehead atoms. The topological polar surface area (TPSA) is 48.1 Å². The fraction of sp³-hybridized carbons (Fsp3) is 0.214. The number of hydrogen-bond acceptors (Lipinski definition) is 3. The second-order valence-corrected chi connectivity index (χ2v) is 4.23. The molecular weight excluding hydrogens is 288 g/mol. The normalized spacial score (nSPS) is 13.0. The molecule has 0 amide bonds. The summed E-state index contributed by atoms with van der Waals surface area (Å²) < 4.78 is 55.4. The van der Waals surface area contributed by atoms with E-state index in [-0.39, 0.29) is 11.4 Å². The van der Waals surface area contributed by atoms with Gasteiger partial charge in [0, 0.05) is 6.20 Å². The van der Waals surface area contributed by atoms with Crippen LogP contribution in [-0.2, 0) is 6.18 Å². The lowest BCUT2D eigenvalue weighted by Crippen LogP contribution is -2.20. The van der Waals surface area contributed by atoms with Crippen molar-refractivity contribution in [2.24, 2.45) is 5.73 Å². The third kappa shape index (κ3) is 3.49. The van der Waals surface area contributed by atoms with Crippen molar-refractivity contribution in [2.75, 3.05) is 6.86 Å². The number of nitrogens with two attached hydrogens (primary N) is 1. The van der Waals surface area contributed by atoms with Crippen LogP contribution in [0.3, 0.4) is 0 Å². The summed E-state index contributed by atoms with van der Waals surface area (Å²) in [6.45, 7) is -0.982. The molecule has 3 nitrogen and oxygen atoms in total. The summed E-state index contributed by atoms with van der Waals surface area (Å²) in [5.41, 5.74) is 5.15. The lowest BCUT2D eigenvalue weighted by atomic mass is 10.00. The highest BCUT2D eigenvalue weighted by Crippen LogP contribution is 2.34. The number of ether oxygens (including phenoxy) is 1. The molecule has 0 saturated carbocycles. The van der Waals surface area contributed by atoms with E-state index in [4.69, 9.17) is 5.73 Å². The maximum atomic E-state index is 12.9. The highest BCUT2D eigenvalue weighted by atomic mass is 19.4. The largest absolute Gasteiger partial charge is 0.463 e. The van der Waals surface area contributed by atoms with E-state index < -0.39 is 24.6 Å². The van der Waals surface area contributed by atoms with E-state index in [1.54, 1.807) is 0 Å². The zero-order chi connectivity index (χ0) is 15.5. The number of rotatable bonds is 4. The number of pyridine rings is 1. The first kappa shape index (κ1) is 15.2. The SMILES string of the molecule is N[C@@H](c1ccc(OCF)cc1)c1ncccc1C(F)(F)F. The van der Waals surface area contributed by atoms with Crippen LogP contribution in [0.1, 0.15) is 22.9 Å². The molecule has 1 aromatic carbocycles. The maximum Gasteiger partial charge on any atom is 0.418 e. The molecule has 21 heavy (non-hydrogen) atoms. The van der Waals surface area contributed by atoms with Gasteiger partial charge in [0.2, 0.25) is 6.86 Å². The summed E-state index contributed by atoms with van der Waals surface area (Å²) in [6.07, 6.45) is -3.27. The van der Waals surface area contributed by atoms with Gasteiger partial charge in [-0.3, -0.25) is 4.98 Å². The van der Waals surface area contributed by atoms with Crippen LogP contribution in [0.25, 0.3) is 0 Å². The third-order valence-corrected chi connectivity index (χ3v) is 2.90. The third-order valence-electron chi connectivity index (χ3n) is 2.90. The summed E-state index contributed by atoms with van der Waals surface area (Å²) in [5.74, 6) is 0.269. The van der Waals surface area contributed by atoms with Gasteiger partial charge < -0.3 is 10.5 Å². The molecule has 112 valence electrons. The van der Waals surface area contributed by atoms with Crippen LogP contribution in [0.2, 0.25) is 0 Å². The molecule has 0 aliphatic carbocycles. The lowest BCUT2D eigenvalue weighted by molar-refractivity contribution is -0.138.